The van der Waals surface area contributed by atoms with Gasteiger partial charge in [0, 0.05) is 5.56 Å². The van der Waals surface area contributed by atoms with Crippen molar-refractivity contribution in [2.75, 3.05) is 20.2 Å². The second-order valence-electron chi connectivity index (χ2n) is 4.71. The minimum absolute atomic E-state index is 0.203. The van der Waals surface area contributed by atoms with Gasteiger partial charge in [0.15, 0.2) is 0 Å². The van der Waals surface area contributed by atoms with Crippen LogP contribution in [0.15, 0.2) is 28.8 Å². The average molecular weight is 289 g/mol. The summed E-state index contributed by atoms with van der Waals surface area (Å²) in [5, 5.41) is 4.00. The van der Waals surface area contributed by atoms with Crippen LogP contribution in [0.1, 0.15) is 18.4 Å². The Morgan fingerprint density at radius 1 is 1.38 bits per heavy atom. The van der Waals surface area contributed by atoms with Gasteiger partial charge in [0.2, 0.25) is 11.7 Å². The smallest absolute Gasteiger partial charge is 0.319 e. The van der Waals surface area contributed by atoms with E-state index in [1.807, 2.05) is 43.0 Å². The summed E-state index contributed by atoms with van der Waals surface area (Å²) in [5.41, 5.74) is 2.04. The van der Waals surface area contributed by atoms with Crippen LogP contribution in [0.3, 0.4) is 0 Å². The monoisotopic (exact) mass is 289 g/mol. The van der Waals surface area contributed by atoms with Crippen molar-refractivity contribution >= 4 is 5.97 Å². The predicted molar refractivity (Wildman–Crippen MR) is 77.4 cm³/mol. The number of hydrogen-bond acceptors (Lipinski definition) is 6. The number of benzene rings is 1. The second kappa shape index (κ2) is 6.99. The van der Waals surface area contributed by atoms with Gasteiger partial charge in [0.1, 0.15) is 0 Å². The highest BCUT2D eigenvalue weighted by atomic mass is 16.5. The zero-order valence-corrected chi connectivity index (χ0v) is 12.5. The van der Waals surface area contributed by atoms with Gasteiger partial charge in [-0.25, -0.2) is 0 Å². The zero-order valence-electron chi connectivity index (χ0n) is 12.5. The molecule has 0 amide bonds. The topological polar surface area (TPSA) is 68.5 Å². The van der Waals surface area contributed by atoms with E-state index in [0.717, 1.165) is 11.1 Å². The number of ether oxygens (including phenoxy) is 1. The number of likely N-dealkylation sites (N-methyl/N-ethyl adjacent to an activating group) is 1. The van der Waals surface area contributed by atoms with Gasteiger partial charge in [-0.05, 0) is 19.0 Å². The fraction of sp³-hybridized carbons (Fsp3) is 0.400. The van der Waals surface area contributed by atoms with Gasteiger partial charge < -0.3 is 9.26 Å². The highest BCUT2D eigenvalue weighted by Crippen LogP contribution is 2.20. The van der Waals surface area contributed by atoms with Crippen LogP contribution in [0.2, 0.25) is 0 Å². The fourth-order valence-electron chi connectivity index (χ4n) is 1.97. The van der Waals surface area contributed by atoms with Crippen LogP contribution in [0.4, 0.5) is 0 Å². The van der Waals surface area contributed by atoms with Gasteiger partial charge in [-0.2, -0.15) is 4.98 Å². The van der Waals surface area contributed by atoms with Gasteiger partial charge in [-0.15, -0.1) is 0 Å². The van der Waals surface area contributed by atoms with Crippen molar-refractivity contribution in [1.29, 1.82) is 0 Å². The second-order valence-corrected chi connectivity index (χ2v) is 4.71. The van der Waals surface area contributed by atoms with E-state index in [9.17, 15) is 4.79 Å². The summed E-state index contributed by atoms with van der Waals surface area (Å²) in [6.45, 7) is 5.28. The lowest BCUT2D eigenvalue weighted by molar-refractivity contribution is -0.142. The summed E-state index contributed by atoms with van der Waals surface area (Å²) in [5.74, 6) is 0.770. The number of methoxy groups -OCH3 is 1. The SMILES string of the molecule is CCN(CC(=O)OC)Cc1nc(-c2ccccc2C)no1. The van der Waals surface area contributed by atoms with E-state index in [1.54, 1.807) is 0 Å². The van der Waals surface area contributed by atoms with Crippen LogP contribution in [-0.4, -0.2) is 41.2 Å². The van der Waals surface area contributed by atoms with Gasteiger partial charge in [-0.3, -0.25) is 9.69 Å². The molecule has 0 fully saturated rings. The fourth-order valence-corrected chi connectivity index (χ4v) is 1.97. The van der Waals surface area contributed by atoms with E-state index in [2.05, 4.69) is 14.9 Å². The first-order valence-electron chi connectivity index (χ1n) is 6.81. The third-order valence-corrected chi connectivity index (χ3v) is 3.24. The average Bonchev–Trinajstić information content (AvgIpc) is 2.95. The molecule has 21 heavy (non-hydrogen) atoms. The Morgan fingerprint density at radius 2 is 2.14 bits per heavy atom. The lowest BCUT2D eigenvalue weighted by Gasteiger charge is -2.15. The van der Waals surface area contributed by atoms with Crippen molar-refractivity contribution in [2.24, 2.45) is 0 Å². The van der Waals surface area contributed by atoms with E-state index in [4.69, 9.17) is 4.52 Å². The number of rotatable bonds is 6. The lowest BCUT2D eigenvalue weighted by Crippen LogP contribution is -2.30. The van der Waals surface area contributed by atoms with Crippen molar-refractivity contribution < 1.29 is 14.1 Å². The molecular weight excluding hydrogens is 270 g/mol. The van der Waals surface area contributed by atoms with E-state index in [-0.39, 0.29) is 12.5 Å². The van der Waals surface area contributed by atoms with Crippen LogP contribution in [-0.2, 0) is 16.1 Å². The molecule has 0 saturated carbocycles. The highest BCUT2D eigenvalue weighted by Gasteiger charge is 2.15. The number of carbonyl (C=O) groups excluding carboxylic acids is 1. The Morgan fingerprint density at radius 3 is 2.81 bits per heavy atom. The molecule has 2 aromatic rings. The summed E-state index contributed by atoms with van der Waals surface area (Å²) in [4.78, 5) is 17.6. The molecule has 0 atom stereocenters. The minimum atomic E-state index is -0.282. The van der Waals surface area contributed by atoms with E-state index < -0.39 is 0 Å². The zero-order chi connectivity index (χ0) is 15.2. The molecule has 1 aromatic carbocycles. The number of aromatic nitrogens is 2. The predicted octanol–water partition coefficient (Wildman–Crippen LogP) is 2.04. The maximum absolute atomic E-state index is 11.3. The largest absolute Gasteiger partial charge is 0.468 e. The molecule has 0 spiro atoms. The summed E-state index contributed by atoms with van der Waals surface area (Å²) in [6.07, 6.45) is 0. The standard InChI is InChI=1S/C15H19N3O3/c1-4-18(10-14(19)20-3)9-13-16-15(17-21-13)12-8-6-5-7-11(12)2/h5-8H,4,9-10H2,1-3H3. The van der Waals surface area contributed by atoms with E-state index >= 15 is 0 Å². The summed E-state index contributed by atoms with van der Waals surface area (Å²) >= 11 is 0. The van der Waals surface area contributed by atoms with E-state index in [1.165, 1.54) is 7.11 Å². The van der Waals surface area contributed by atoms with Crippen molar-refractivity contribution in [3.8, 4) is 11.4 Å². The Hall–Kier alpha value is -2.21. The van der Waals surface area contributed by atoms with Crippen molar-refractivity contribution in [3.05, 3.63) is 35.7 Å². The van der Waals surface area contributed by atoms with Crippen molar-refractivity contribution in [1.82, 2.24) is 15.0 Å². The Bertz CT molecular complexity index is 610. The van der Waals surface area contributed by atoms with Gasteiger partial charge >= 0.3 is 5.97 Å². The molecule has 112 valence electrons. The molecule has 0 radical (unpaired) electrons. The number of aryl methyl sites for hydroxylation is 1. The number of nitrogens with zero attached hydrogens (tertiary/aromatic N) is 3. The third kappa shape index (κ3) is 3.88. The van der Waals surface area contributed by atoms with E-state index in [0.29, 0.717) is 24.8 Å². The van der Waals surface area contributed by atoms with Crippen molar-refractivity contribution in [3.63, 3.8) is 0 Å². The van der Waals surface area contributed by atoms with Crippen LogP contribution in [0, 0.1) is 6.92 Å². The molecular formula is C15H19N3O3. The Balaban J connectivity index is 2.09. The third-order valence-electron chi connectivity index (χ3n) is 3.24. The molecule has 0 unspecified atom stereocenters. The quantitative estimate of drug-likeness (QED) is 0.758. The minimum Gasteiger partial charge on any atom is -0.468 e. The molecule has 1 heterocycles. The number of carbonyl (C=O) groups is 1. The Kier molecular flexibility index (Phi) is 5.05. The molecule has 6 heteroatoms. The maximum Gasteiger partial charge on any atom is 0.319 e. The summed E-state index contributed by atoms with van der Waals surface area (Å²) in [7, 11) is 1.37. The maximum atomic E-state index is 11.3. The van der Waals surface area contributed by atoms with Gasteiger partial charge in [0.25, 0.3) is 0 Å². The van der Waals surface area contributed by atoms with Gasteiger partial charge in [0.05, 0.1) is 20.2 Å². The lowest BCUT2D eigenvalue weighted by atomic mass is 10.1. The first kappa shape index (κ1) is 15.2. The molecule has 1 aromatic heterocycles. The van der Waals surface area contributed by atoms with Crippen LogP contribution < -0.4 is 0 Å². The summed E-state index contributed by atoms with van der Waals surface area (Å²) < 4.78 is 9.93. The van der Waals surface area contributed by atoms with Crippen LogP contribution in [0.5, 0.6) is 0 Å². The van der Waals surface area contributed by atoms with Crippen LogP contribution in [0.25, 0.3) is 11.4 Å². The normalized spacial score (nSPS) is 10.9. The molecule has 6 nitrogen and oxygen atoms in total. The summed E-state index contributed by atoms with van der Waals surface area (Å²) in [6, 6.07) is 7.86. The van der Waals surface area contributed by atoms with Crippen LogP contribution >= 0.6 is 0 Å². The number of hydrogen-bond donors (Lipinski definition) is 0. The van der Waals surface area contributed by atoms with Gasteiger partial charge in [-0.1, -0.05) is 36.3 Å². The molecule has 0 N–H and O–H groups in total. The van der Waals surface area contributed by atoms with Crippen molar-refractivity contribution in [2.45, 2.75) is 20.4 Å². The number of esters is 1. The molecule has 0 bridgehead atoms. The molecule has 2 rings (SSSR count). The first-order valence-corrected chi connectivity index (χ1v) is 6.81. The molecule has 0 aliphatic heterocycles. The Labute approximate surface area is 123 Å². The molecule has 0 aliphatic carbocycles. The molecule has 0 aliphatic rings. The first-order chi connectivity index (χ1) is 10.1. The molecule has 0 saturated heterocycles. The highest BCUT2D eigenvalue weighted by molar-refractivity contribution is 5.71.